The van der Waals surface area contributed by atoms with E-state index in [2.05, 4.69) is 0 Å². The van der Waals surface area contributed by atoms with Crippen molar-refractivity contribution in [2.24, 2.45) is 0 Å². The van der Waals surface area contributed by atoms with Crippen LogP contribution in [0.3, 0.4) is 0 Å². The van der Waals surface area contributed by atoms with Gasteiger partial charge in [0.05, 0.1) is 5.25 Å². The molecule has 3 nitrogen and oxygen atoms in total. The van der Waals surface area contributed by atoms with Crippen molar-refractivity contribution >= 4 is 15.6 Å². The van der Waals surface area contributed by atoms with Crippen molar-refractivity contribution in [3.8, 4) is 0 Å². The van der Waals surface area contributed by atoms with E-state index in [0.29, 0.717) is 0 Å². The van der Waals surface area contributed by atoms with Gasteiger partial charge in [-0.25, -0.2) is 8.42 Å². The maximum Gasteiger partial charge on any atom is 0.497 e. The molecule has 1 aliphatic carbocycles. The molecule has 1 rings (SSSR count). The molecule has 0 bridgehead atoms. The van der Waals surface area contributed by atoms with Gasteiger partial charge in [-0.2, -0.15) is 13.2 Å². The molecule has 1 saturated carbocycles. The molecule has 0 aliphatic heterocycles. The zero-order valence-corrected chi connectivity index (χ0v) is 7.28. The molecule has 0 aromatic heterocycles. The molecule has 1 unspecified atom stereocenters. The van der Waals surface area contributed by atoms with Crippen LogP contribution in [0.25, 0.3) is 0 Å². The molecular formula is C6H7F3O3S. The molecule has 0 heterocycles. The van der Waals surface area contributed by atoms with E-state index in [0.717, 1.165) is 0 Å². The Kier molecular flexibility index (Phi) is 2.40. The molecule has 0 aromatic carbocycles. The van der Waals surface area contributed by atoms with Gasteiger partial charge in [0.2, 0.25) is 0 Å². The van der Waals surface area contributed by atoms with Gasteiger partial charge in [-0.3, -0.25) is 4.79 Å². The lowest BCUT2D eigenvalue weighted by molar-refractivity contribution is -0.117. The van der Waals surface area contributed by atoms with Crippen LogP contribution in [-0.2, 0) is 14.6 Å². The Morgan fingerprint density at radius 2 is 1.85 bits per heavy atom. The highest BCUT2D eigenvalue weighted by atomic mass is 32.2. The summed E-state index contributed by atoms with van der Waals surface area (Å²) in [5.74, 6) is -0.419. The molecule has 13 heavy (non-hydrogen) atoms. The summed E-state index contributed by atoms with van der Waals surface area (Å²) in [6.07, 6.45) is -0.775. The molecule has 1 aliphatic rings. The van der Waals surface area contributed by atoms with Gasteiger partial charge in [-0.15, -0.1) is 0 Å². The average Bonchev–Trinajstić information content (AvgIpc) is 2.33. The first-order valence-corrected chi connectivity index (χ1v) is 5.11. The summed E-state index contributed by atoms with van der Waals surface area (Å²) < 4.78 is 57.2. The van der Waals surface area contributed by atoms with Crippen LogP contribution in [0.15, 0.2) is 0 Å². The third kappa shape index (κ3) is 1.84. The highest BCUT2D eigenvalue weighted by Gasteiger charge is 2.52. The van der Waals surface area contributed by atoms with Crippen molar-refractivity contribution in [1.29, 1.82) is 0 Å². The Labute approximate surface area is 72.8 Å². The fourth-order valence-electron chi connectivity index (χ4n) is 1.23. The predicted molar refractivity (Wildman–Crippen MR) is 37.6 cm³/mol. The van der Waals surface area contributed by atoms with Gasteiger partial charge in [0.15, 0.2) is 0 Å². The molecule has 0 amide bonds. The lowest BCUT2D eigenvalue weighted by Gasteiger charge is -2.12. The molecule has 7 heteroatoms. The maximum absolute atomic E-state index is 11.9. The fraction of sp³-hybridized carbons (Fsp3) is 0.833. The zero-order valence-electron chi connectivity index (χ0n) is 6.47. The number of alkyl halides is 3. The Balaban J connectivity index is 2.90. The third-order valence-electron chi connectivity index (χ3n) is 1.96. The Morgan fingerprint density at radius 3 is 2.15 bits per heavy atom. The minimum Gasteiger partial charge on any atom is -0.300 e. The minimum atomic E-state index is -5.23. The number of rotatable bonds is 1. The second-order valence-corrected chi connectivity index (χ2v) is 5.11. The van der Waals surface area contributed by atoms with Gasteiger partial charge < -0.3 is 0 Å². The second kappa shape index (κ2) is 2.97. The van der Waals surface area contributed by atoms with Crippen LogP contribution < -0.4 is 0 Å². The molecule has 76 valence electrons. The van der Waals surface area contributed by atoms with E-state index >= 15 is 0 Å². The molecule has 0 radical (unpaired) electrons. The van der Waals surface area contributed by atoms with Crippen molar-refractivity contribution in [1.82, 2.24) is 0 Å². The van der Waals surface area contributed by atoms with E-state index in [1.807, 2.05) is 0 Å². The van der Waals surface area contributed by atoms with Gasteiger partial charge in [-0.05, 0) is 6.42 Å². The number of ketones is 1. The second-order valence-electron chi connectivity index (χ2n) is 2.89. The number of Topliss-reactive ketones (excluding diaryl/α,β-unsaturated/α-hetero) is 1. The number of carbonyl (C=O) groups excluding carboxylic acids is 1. The summed E-state index contributed by atoms with van der Waals surface area (Å²) in [5.41, 5.74) is -5.23. The van der Waals surface area contributed by atoms with Crippen molar-refractivity contribution in [3.05, 3.63) is 0 Å². The standard InChI is InChI=1S/C6H7F3O3S/c7-6(8,9)13(11,12)5-2-1-4(10)3-5/h5H,1-3H2. The van der Waals surface area contributed by atoms with Crippen LogP contribution in [-0.4, -0.2) is 25.0 Å². The molecule has 0 aromatic rings. The monoisotopic (exact) mass is 216 g/mol. The summed E-state index contributed by atoms with van der Waals surface area (Å²) in [4.78, 5) is 10.6. The molecule has 0 saturated heterocycles. The molecule has 1 fully saturated rings. The van der Waals surface area contributed by atoms with E-state index in [1.54, 1.807) is 0 Å². The van der Waals surface area contributed by atoms with Gasteiger partial charge in [-0.1, -0.05) is 0 Å². The summed E-state index contributed by atoms with van der Waals surface area (Å²) in [6.45, 7) is 0. The summed E-state index contributed by atoms with van der Waals surface area (Å²) in [5, 5.41) is -1.56. The topological polar surface area (TPSA) is 51.2 Å². The predicted octanol–water partition coefficient (Wildman–Crippen LogP) is 1.04. The highest BCUT2D eigenvalue weighted by molar-refractivity contribution is 7.92. The first kappa shape index (κ1) is 10.5. The van der Waals surface area contributed by atoms with Crippen LogP contribution in [0.1, 0.15) is 19.3 Å². The third-order valence-corrected chi connectivity index (χ3v) is 3.89. The molecule has 0 spiro atoms. The Morgan fingerprint density at radius 1 is 1.31 bits per heavy atom. The number of hydrogen-bond acceptors (Lipinski definition) is 3. The average molecular weight is 216 g/mol. The van der Waals surface area contributed by atoms with Crippen LogP contribution >= 0.6 is 0 Å². The summed E-state index contributed by atoms with van der Waals surface area (Å²) in [7, 11) is -5.13. The Hall–Kier alpha value is -0.590. The number of sulfone groups is 1. The highest BCUT2D eigenvalue weighted by Crippen LogP contribution is 2.33. The van der Waals surface area contributed by atoms with Crippen LogP contribution in [0, 0.1) is 0 Å². The number of halogens is 3. The van der Waals surface area contributed by atoms with E-state index in [1.165, 1.54) is 0 Å². The van der Waals surface area contributed by atoms with Gasteiger partial charge in [0.25, 0.3) is 9.84 Å². The quantitative estimate of drug-likeness (QED) is 0.658. The number of hydrogen-bond donors (Lipinski definition) is 0. The minimum absolute atomic E-state index is 0.0695. The van der Waals surface area contributed by atoms with Gasteiger partial charge in [0.1, 0.15) is 5.78 Å². The van der Waals surface area contributed by atoms with Crippen molar-refractivity contribution < 1.29 is 26.4 Å². The fourth-order valence-corrected chi connectivity index (χ4v) is 2.45. The largest absolute Gasteiger partial charge is 0.497 e. The van der Waals surface area contributed by atoms with E-state index in [-0.39, 0.29) is 12.8 Å². The van der Waals surface area contributed by atoms with Gasteiger partial charge >= 0.3 is 5.51 Å². The van der Waals surface area contributed by atoms with Crippen LogP contribution in [0.5, 0.6) is 0 Å². The summed E-state index contributed by atoms with van der Waals surface area (Å²) in [6, 6.07) is 0. The van der Waals surface area contributed by atoms with E-state index in [4.69, 9.17) is 0 Å². The van der Waals surface area contributed by atoms with Gasteiger partial charge in [0, 0.05) is 12.8 Å². The smallest absolute Gasteiger partial charge is 0.300 e. The molecular weight excluding hydrogens is 209 g/mol. The first-order valence-electron chi connectivity index (χ1n) is 3.57. The Bertz CT molecular complexity index is 317. The van der Waals surface area contributed by atoms with Crippen LogP contribution in [0.2, 0.25) is 0 Å². The molecule has 1 atom stereocenters. The first-order chi connectivity index (χ1) is 5.75. The van der Waals surface area contributed by atoms with Crippen molar-refractivity contribution in [2.45, 2.75) is 30.0 Å². The summed E-state index contributed by atoms with van der Waals surface area (Å²) >= 11 is 0. The zero-order chi connectivity index (χ0) is 10.3. The SMILES string of the molecule is O=C1CCC(S(=O)(=O)C(F)(F)F)C1. The van der Waals surface area contributed by atoms with E-state index < -0.39 is 32.8 Å². The molecule has 0 N–H and O–H groups in total. The van der Waals surface area contributed by atoms with Crippen molar-refractivity contribution in [2.75, 3.05) is 0 Å². The lowest BCUT2D eigenvalue weighted by atomic mass is 10.4. The van der Waals surface area contributed by atoms with Crippen LogP contribution in [0.4, 0.5) is 13.2 Å². The number of carbonyl (C=O) groups is 1. The van der Waals surface area contributed by atoms with E-state index in [9.17, 15) is 26.4 Å². The van der Waals surface area contributed by atoms with Crippen molar-refractivity contribution in [3.63, 3.8) is 0 Å². The maximum atomic E-state index is 11.9. The lowest BCUT2D eigenvalue weighted by Crippen LogP contribution is -2.32. The normalized spacial score (nSPS) is 25.2.